The molecular weight excluding hydrogens is 278 g/mol. The van der Waals surface area contributed by atoms with Crippen LogP contribution in [0.3, 0.4) is 0 Å². The van der Waals surface area contributed by atoms with Crippen molar-refractivity contribution >= 4 is 5.91 Å². The van der Waals surface area contributed by atoms with Crippen molar-refractivity contribution in [2.45, 2.75) is 25.2 Å². The van der Waals surface area contributed by atoms with Crippen LogP contribution in [0.2, 0.25) is 0 Å². The molecule has 0 spiro atoms. The minimum Gasteiger partial charge on any atom is -0.496 e. The molecule has 4 nitrogen and oxygen atoms in total. The van der Waals surface area contributed by atoms with E-state index in [0.717, 1.165) is 43.0 Å². The molecule has 1 saturated heterocycles. The van der Waals surface area contributed by atoms with Gasteiger partial charge in [0.05, 0.1) is 19.3 Å². The Labute approximate surface area is 130 Å². The SMILES string of the molecule is COc1ccccc1C(CC(=O)N1CCCC1)c1ccco1. The van der Waals surface area contributed by atoms with Gasteiger partial charge in [-0.3, -0.25) is 4.79 Å². The molecule has 1 amide bonds. The number of ether oxygens (including phenoxy) is 1. The lowest BCUT2D eigenvalue weighted by molar-refractivity contribution is -0.130. The molecule has 1 aromatic heterocycles. The standard InChI is InChI=1S/C18H21NO3/c1-21-16-8-3-2-7-14(16)15(17-9-6-12-22-17)13-18(20)19-10-4-5-11-19/h2-3,6-9,12,15H,4-5,10-11,13H2,1H3. The summed E-state index contributed by atoms with van der Waals surface area (Å²) in [7, 11) is 1.65. The second kappa shape index (κ2) is 6.69. The van der Waals surface area contributed by atoms with Crippen LogP contribution in [0.25, 0.3) is 0 Å². The summed E-state index contributed by atoms with van der Waals surface area (Å²) < 4.78 is 11.1. The normalized spacial score (nSPS) is 15.8. The van der Waals surface area contributed by atoms with Gasteiger partial charge in [0, 0.05) is 25.1 Å². The lowest BCUT2D eigenvalue weighted by Crippen LogP contribution is -2.29. The minimum absolute atomic E-state index is 0.112. The Morgan fingerprint density at radius 3 is 2.68 bits per heavy atom. The maximum Gasteiger partial charge on any atom is 0.223 e. The number of hydrogen-bond donors (Lipinski definition) is 0. The molecule has 0 bridgehead atoms. The highest BCUT2D eigenvalue weighted by Crippen LogP contribution is 2.35. The van der Waals surface area contributed by atoms with Crippen LogP contribution in [-0.4, -0.2) is 31.0 Å². The Morgan fingerprint density at radius 2 is 2.00 bits per heavy atom. The summed E-state index contributed by atoms with van der Waals surface area (Å²) in [5.41, 5.74) is 0.993. The Balaban J connectivity index is 1.89. The van der Waals surface area contributed by atoms with E-state index in [1.54, 1.807) is 13.4 Å². The van der Waals surface area contributed by atoms with Gasteiger partial charge in [0.25, 0.3) is 0 Å². The van der Waals surface area contributed by atoms with Crippen molar-refractivity contribution in [3.05, 3.63) is 54.0 Å². The van der Waals surface area contributed by atoms with Crippen molar-refractivity contribution < 1.29 is 13.9 Å². The number of carbonyl (C=O) groups excluding carboxylic acids is 1. The van der Waals surface area contributed by atoms with Crippen LogP contribution in [0, 0.1) is 0 Å². The molecule has 1 unspecified atom stereocenters. The van der Waals surface area contributed by atoms with Crippen LogP contribution >= 0.6 is 0 Å². The van der Waals surface area contributed by atoms with Gasteiger partial charge in [0.15, 0.2) is 0 Å². The van der Waals surface area contributed by atoms with Crippen LogP contribution in [0.4, 0.5) is 0 Å². The number of likely N-dealkylation sites (tertiary alicyclic amines) is 1. The van der Waals surface area contributed by atoms with Crippen LogP contribution in [-0.2, 0) is 4.79 Å². The second-order valence-electron chi connectivity index (χ2n) is 5.60. The lowest BCUT2D eigenvalue weighted by Gasteiger charge is -2.21. The first-order valence-corrected chi connectivity index (χ1v) is 7.73. The zero-order valence-corrected chi connectivity index (χ0v) is 12.8. The predicted octanol–water partition coefficient (Wildman–Crippen LogP) is 3.43. The number of carbonyl (C=O) groups is 1. The van der Waals surface area contributed by atoms with Gasteiger partial charge in [-0.2, -0.15) is 0 Å². The average Bonchev–Trinajstić information content (AvgIpc) is 3.25. The van der Waals surface area contributed by atoms with E-state index in [9.17, 15) is 4.79 Å². The fourth-order valence-electron chi connectivity index (χ4n) is 3.08. The zero-order valence-electron chi connectivity index (χ0n) is 12.8. The second-order valence-corrected chi connectivity index (χ2v) is 5.60. The Morgan fingerprint density at radius 1 is 1.23 bits per heavy atom. The van der Waals surface area contributed by atoms with Gasteiger partial charge < -0.3 is 14.1 Å². The Kier molecular flexibility index (Phi) is 4.47. The molecule has 116 valence electrons. The van der Waals surface area contributed by atoms with Crippen LogP contribution in [0.1, 0.15) is 36.5 Å². The van der Waals surface area contributed by atoms with Gasteiger partial charge in [-0.25, -0.2) is 0 Å². The number of rotatable bonds is 5. The molecule has 4 heteroatoms. The third kappa shape index (κ3) is 3.01. The lowest BCUT2D eigenvalue weighted by atomic mass is 9.92. The Hall–Kier alpha value is -2.23. The van der Waals surface area contributed by atoms with E-state index in [-0.39, 0.29) is 11.8 Å². The van der Waals surface area contributed by atoms with Crippen LogP contribution < -0.4 is 4.74 Å². The predicted molar refractivity (Wildman–Crippen MR) is 84.0 cm³/mol. The van der Waals surface area contributed by atoms with Crippen molar-refractivity contribution in [3.8, 4) is 5.75 Å². The van der Waals surface area contributed by atoms with Crippen molar-refractivity contribution in [3.63, 3.8) is 0 Å². The molecule has 2 heterocycles. The molecule has 0 aliphatic carbocycles. The topological polar surface area (TPSA) is 42.7 Å². The average molecular weight is 299 g/mol. The summed E-state index contributed by atoms with van der Waals surface area (Å²) in [6, 6.07) is 11.6. The van der Waals surface area contributed by atoms with Gasteiger partial charge in [-0.05, 0) is 31.0 Å². The summed E-state index contributed by atoms with van der Waals surface area (Å²) >= 11 is 0. The first-order valence-electron chi connectivity index (χ1n) is 7.73. The highest BCUT2D eigenvalue weighted by atomic mass is 16.5. The van der Waals surface area contributed by atoms with Gasteiger partial charge in [-0.15, -0.1) is 0 Å². The molecule has 2 aromatic rings. The summed E-state index contributed by atoms with van der Waals surface area (Å²) in [5, 5.41) is 0. The number of furan rings is 1. The monoisotopic (exact) mass is 299 g/mol. The first-order chi connectivity index (χ1) is 10.8. The summed E-state index contributed by atoms with van der Waals surface area (Å²) in [6.45, 7) is 1.74. The van der Waals surface area contributed by atoms with E-state index < -0.39 is 0 Å². The van der Waals surface area contributed by atoms with E-state index in [4.69, 9.17) is 9.15 Å². The fraction of sp³-hybridized carbons (Fsp3) is 0.389. The van der Waals surface area contributed by atoms with Gasteiger partial charge in [-0.1, -0.05) is 18.2 Å². The van der Waals surface area contributed by atoms with E-state index >= 15 is 0 Å². The summed E-state index contributed by atoms with van der Waals surface area (Å²) in [4.78, 5) is 14.5. The maximum absolute atomic E-state index is 12.6. The van der Waals surface area contributed by atoms with Crippen molar-refractivity contribution in [2.75, 3.05) is 20.2 Å². The van der Waals surface area contributed by atoms with E-state index in [1.165, 1.54) is 0 Å². The highest BCUT2D eigenvalue weighted by molar-refractivity contribution is 5.78. The fourth-order valence-corrected chi connectivity index (χ4v) is 3.08. The maximum atomic E-state index is 12.6. The molecule has 0 saturated carbocycles. The van der Waals surface area contributed by atoms with Crippen molar-refractivity contribution in [1.29, 1.82) is 0 Å². The molecule has 1 fully saturated rings. The Bertz CT molecular complexity index is 615. The highest BCUT2D eigenvalue weighted by Gasteiger charge is 2.27. The molecule has 1 aliphatic heterocycles. The first kappa shape index (κ1) is 14.7. The van der Waals surface area contributed by atoms with E-state index in [0.29, 0.717) is 6.42 Å². The molecule has 22 heavy (non-hydrogen) atoms. The van der Waals surface area contributed by atoms with Gasteiger partial charge in [0.2, 0.25) is 5.91 Å². The molecule has 3 rings (SSSR count). The molecule has 0 N–H and O–H groups in total. The third-order valence-corrected chi connectivity index (χ3v) is 4.24. The third-order valence-electron chi connectivity index (χ3n) is 4.24. The van der Waals surface area contributed by atoms with Gasteiger partial charge in [0.1, 0.15) is 11.5 Å². The largest absolute Gasteiger partial charge is 0.496 e. The number of methoxy groups -OCH3 is 1. The number of para-hydroxylation sites is 1. The number of hydrogen-bond acceptors (Lipinski definition) is 3. The number of benzene rings is 1. The smallest absolute Gasteiger partial charge is 0.223 e. The van der Waals surface area contributed by atoms with E-state index in [1.807, 2.05) is 41.3 Å². The minimum atomic E-state index is -0.112. The van der Waals surface area contributed by atoms with E-state index in [2.05, 4.69) is 0 Å². The quantitative estimate of drug-likeness (QED) is 0.849. The van der Waals surface area contributed by atoms with Crippen molar-refractivity contribution in [2.24, 2.45) is 0 Å². The summed E-state index contributed by atoms with van der Waals surface area (Å²) in [6.07, 6.45) is 4.27. The molecular formula is C18H21NO3. The van der Waals surface area contributed by atoms with Crippen LogP contribution in [0.15, 0.2) is 47.1 Å². The van der Waals surface area contributed by atoms with Crippen LogP contribution in [0.5, 0.6) is 5.75 Å². The van der Waals surface area contributed by atoms with Crippen molar-refractivity contribution in [1.82, 2.24) is 4.90 Å². The van der Waals surface area contributed by atoms with Gasteiger partial charge >= 0.3 is 0 Å². The molecule has 0 radical (unpaired) electrons. The molecule has 1 aromatic carbocycles. The number of nitrogens with zero attached hydrogens (tertiary/aromatic N) is 1. The summed E-state index contributed by atoms with van der Waals surface area (Å²) in [5.74, 6) is 1.67. The molecule has 1 aliphatic rings. The zero-order chi connectivity index (χ0) is 15.4. The molecule has 1 atom stereocenters. The number of amides is 1.